The Bertz CT molecular complexity index is 979. The van der Waals surface area contributed by atoms with Gasteiger partial charge in [-0.1, -0.05) is 35.5 Å². The summed E-state index contributed by atoms with van der Waals surface area (Å²) in [4.78, 5) is 18.0. The molecule has 2 heterocycles. The molecule has 0 spiro atoms. The van der Waals surface area contributed by atoms with Crippen LogP contribution in [0.1, 0.15) is 18.1 Å². The van der Waals surface area contributed by atoms with Gasteiger partial charge in [-0.25, -0.2) is 0 Å². The van der Waals surface area contributed by atoms with Crippen LogP contribution >= 0.6 is 0 Å². The number of carbonyl (C=O) groups is 1. The third kappa shape index (κ3) is 3.71. The predicted molar refractivity (Wildman–Crippen MR) is 105 cm³/mol. The second-order valence-corrected chi connectivity index (χ2v) is 6.48. The number of amides is 1. The first-order valence-corrected chi connectivity index (χ1v) is 8.91. The normalized spacial score (nSPS) is 16.2. The van der Waals surface area contributed by atoms with Crippen LogP contribution in [0, 0.1) is 0 Å². The molecule has 0 radical (unpaired) electrons. The number of benzene rings is 2. The lowest BCUT2D eigenvalue weighted by Gasteiger charge is -2.08. The van der Waals surface area contributed by atoms with Crippen molar-refractivity contribution in [1.29, 1.82) is 0 Å². The van der Waals surface area contributed by atoms with E-state index in [0.717, 1.165) is 28.7 Å². The molecule has 1 unspecified atom stereocenters. The van der Waals surface area contributed by atoms with Crippen molar-refractivity contribution >= 4 is 28.2 Å². The van der Waals surface area contributed by atoms with Crippen molar-refractivity contribution in [1.82, 2.24) is 4.57 Å². The number of nitrogens with one attached hydrogen (secondary N) is 1. The highest BCUT2D eigenvalue weighted by Gasteiger charge is 2.27. The molecule has 138 valence electrons. The number of rotatable bonds is 6. The third-order valence-electron chi connectivity index (χ3n) is 4.67. The van der Waals surface area contributed by atoms with Crippen LogP contribution in [-0.2, 0) is 20.9 Å². The van der Waals surface area contributed by atoms with Crippen LogP contribution in [0.4, 0.5) is 5.69 Å². The molecule has 27 heavy (non-hydrogen) atoms. The van der Waals surface area contributed by atoms with Crippen molar-refractivity contribution in [2.24, 2.45) is 5.16 Å². The van der Waals surface area contributed by atoms with Crippen LogP contribution in [-0.4, -0.2) is 29.9 Å². The number of hydrogen-bond donors (Lipinski definition) is 1. The predicted octanol–water partition coefficient (Wildman–Crippen LogP) is 3.74. The SMILES string of the molecule is COCCn1ccc2cc(NC(=O)C3=NOC(c4ccccc4)C3)ccc21. The Balaban J connectivity index is 1.42. The number of aromatic nitrogens is 1. The molecule has 6 heteroatoms. The molecule has 0 fully saturated rings. The van der Waals surface area contributed by atoms with Gasteiger partial charge in [0.1, 0.15) is 5.71 Å². The lowest BCUT2D eigenvalue weighted by Crippen LogP contribution is -2.21. The molecule has 6 nitrogen and oxygen atoms in total. The summed E-state index contributed by atoms with van der Waals surface area (Å²) in [7, 11) is 1.69. The van der Waals surface area contributed by atoms with Crippen molar-refractivity contribution in [2.75, 3.05) is 19.0 Å². The van der Waals surface area contributed by atoms with Gasteiger partial charge in [-0.15, -0.1) is 0 Å². The number of oxime groups is 1. The van der Waals surface area contributed by atoms with Crippen LogP contribution < -0.4 is 5.32 Å². The van der Waals surface area contributed by atoms with E-state index in [0.29, 0.717) is 18.7 Å². The first-order chi connectivity index (χ1) is 13.2. The Morgan fingerprint density at radius 2 is 2.11 bits per heavy atom. The minimum atomic E-state index is -0.230. The number of nitrogens with zero attached hydrogens (tertiary/aromatic N) is 2. The molecule has 0 saturated carbocycles. The van der Waals surface area contributed by atoms with Gasteiger partial charge in [-0.3, -0.25) is 4.79 Å². The average molecular weight is 363 g/mol. The molecule has 0 bridgehead atoms. The van der Waals surface area contributed by atoms with E-state index >= 15 is 0 Å². The summed E-state index contributed by atoms with van der Waals surface area (Å²) in [6.45, 7) is 1.45. The smallest absolute Gasteiger partial charge is 0.273 e. The summed E-state index contributed by atoms with van der Waals surface area (Å²) >= 11 is 0. The van der Waals surface area contributed by atoms with E-state index < -0.39 is 0 Å². The summed E-state index contributed by atoms with van der Waals surface area (Å²) in [5.74, 6) is -0.230. The fourth-order valence-corrected chi connectivity index (χ4v) is 3.22. The molecule has 1 aliphatic heterocycles. The summed E-state index contributed by atoms with van der Waals surface area (Å²) in [6, 6.07) is 17.7. The lowest BCUT2D eigenvalue weighted by atomic mass is 10.0. The van der Waals surface area contributed by atoms with E-state index in [4.69, 9.17) is 9.57 Å². The van der Waals surface area contributed by atoms with Crippen molar-refractivity contribution in [3.8, 4) is 0 Å². The van der Waals surface area contributed by atoms with Crippen LogP contribution in [0.3, 0.4) is 0 Å². The van der Waals surface area contributed by atoms with E-state index in [-0.39, 0.29) is 12.0 Å². The molecular formula is C21H21N3O3. The van der Waals surface area contributed by atoms with E-state index in [9.17, 15) is 4.79 Å². The van der Waals surface area contributed by atoms with E-state index in [1.54, 1.807) is 7.11 Å². The first-order valence-electron chi connectivity index (χ1n) is 8.91. The van der Waals surface area contributed by atoms with Gasteiger partial charge in [-0.05, 0) is 29.8 Å². The van der Waals surface area contributed by atoms with Gasteiger partial charge < -0.3 is 19.5 Å². The molecule has 1 N–H and O–H groups in total. The van der Waals surface area contributed by atoms with Crippen LogP contribution in [0.2, 0.25) is 0 Å². The summed E-state index contributed by atoms with van der Waals surface area (Å²) in [5.41, 5.74) is 3.27. The van der Waals surface area contributed by atoms with E-state index in [1.807, 2.05) is 60.8 Å². The highest BCUT2D eigenvalue weighted by atomic mass is 16.6. The Morgan fingerprint density at radius 3 is 2.93 bits per heavy atom. The second kappa shape index (κ2) is 7.63. The van der Waals surface area contributed by atoms with Gasteiger partial charge >= 0.3 is 0 Å². The molecule has 2 aromatic carbocycles. The Labute approximate surface area is 157 Å². The first kappa shape index (κ1) is 17.3. The Morgan fingerprint density at radius 1 is 1.26 bits per heavy atom. The van der Waals surface area contributed by atoms with E-state index in [2.05, 4.69) is 15.0 Å². The van der Waals surface area contributed by atoms with Gasteiger partial charge in [0.05, 0.1) is 6.61 Å². The molecule has 0 saturated heterocycles. The van der Waals surface area contributed by atoms with Crippen molar-refractivity contribution in [3.63, 3.8) is 0 Å². The number of methoxy groups -OCH3 is 1. The largest absolute Gasteiger partial charge is 0.387 e. The Hall–Kier alpha value is -3.12. The van der Waals surface area contributed by atoms with Crippen LogP contribution in [0.15, 0.2) is 65.9 Å². The third-order valence-corrected chi connectivity index (χ3v) is 4.67. The summed E-state index contributed by atoms with van der Waals surface area (Å²) < 4.78 is 7.26. The standard InChI is InChI=1S/C21H21N3O3/c1-26-12-11-24-10-9-16-13-17(7-8-19(16)24)22-21(25)18-14-20(27-23-18)15-5-3-2-4-6-15/h2-10,13,20H,11-12,14H2,1H3,(H,22,25). The monoisotopic (exact) mass is 363 g/mol. The fourth-order valence-electron chi connectivity index (χ4n) is 3.22. The zero-order valence-corrected chi connectivity index (χ0v) is 15.1. The van der Waals surface area contributed by atoms with E-state index in [1.165, 1.54) is 0 Å². The Kier molecular flexibility index (Phi) is 4.89. The van der Waals surface area contributed by atoms with Crippen molar-refractivity contribution in [2.45, 2.75) is 19.1 Å². The van der Waals surface area contributed by atoms with Gasteiger partial charge in [0.15, 0.2) is 6.10 Å². The minimum Gasteiger partial charge on any atom is -0.387 e. The zero-order chi connectivity index (χ0) is 18.6. The zero-order valence-electron chi connectivity index (χ0n) is 15.1. The van der Waals surface area contributed by atoms with Crippen molar-refractivity contribution < 1.29 is 14.4 Å². The maximum atomic E-state index is 12.5. The number of carbonyl (C=O) groups excluding carboxylic acids is 1. The van der Waals surface area contributed by atoms with Crippen LogP contribution in [0.5, 0.6) is 0 Å². The maximum Gasteiger partial charge on any atom is 0.273 e. The fraction of sp³-hybridized carbons (Fsp3) is 0.238. The summed E-state index contributed by atoms with van der Waals surface area (Å²) in [6.07, 6.45) is 2.28. The minimum absolute atomic E-state index is 0.204. The molecule has 1 amide bonds. The van der Waals surface area contributed by atoms with Gasteiger partial charge in [0, 0.05) is 42.9 Å². The quantitative estimate of drug-likeness (QED) is 0.725. The average Bonchev–Trinajstić information content (AvgIpc) is 3.34. The van der Waals surface area contributed by atoms with Gasteiger partial charge in [0.25, 0.3) is 5.91 Å². The topological polar surface area (TPSA) is 64.8 Å². The highest BCUT2D eigenvalue weighted by Crippen LogP contribution is 2.27. The highest BCUT2D eigenvalue weighted by molar-refractivity contribution is 6.43. The van der Waals surface area contributed by atoms with Gasteiger partial charge in [-0.2, -0.15) is 0 Å². The number of hydrogen-bond acceptors (Lipinski definition) is 4. The molecule has 1 aliphatic rings. The molecule has 1 atom stereocenters. The number of fused-ring (bicyclic) bond motifs is 1. The van der Waals surface area contributed by atoms with Gasteiger partial charge in [0.2, 0.25) is 0 Å². The van der Waals surface area contributed by atoms with Crippen LogP contribution in [0.25, 0.3) is 10.9 Å². The second-order valence-electron chi connectivity index (χ2n) is 6.48. The molecular weight excluding hydrogens is 342 g/mol. The van der Waals surface area contributed by atoms with Crippen molar-refractivity contribution in [3.05, 3.63) is 66.4 Å². The lowest BCUT2D eigenvalue weighted by molar-refractivity contribution is -0.110. The molecule has 0 aliphatic carbocycles. The molecule has 1 aromatic heterocycles. The molecule has 4 rings (SSSR count). The maximum absolute atomic E-state index is 12.5. The summed E-state index contributed by atoms with van der Waals surface area (Å²) in [5, 5.41) is 7.96. The number of ether oxygens (including phenoxy) is 1. The molecule has 3 aromatic rings. The number of anilines is 1.